The normalized spacial score (nSPS) is 10.3. The molecule has 0 atom stereocenters. The van der Waals surface area contributed by atoms with E-state index in [-0.39, 0.29) is 5.75 Å². The van der Waals surface area contributed by atoms with Crippen LogP contribution in [0, 0.1) is 0 Å². The van der Waals surface area contributed by atoms with Crippen molar-refractivity contribution in [2.24, 2.45) is 0 Å². The minimum Gasteiger partial charge on any atom is -0.506 e. The molecule has 0 aliphatic carbocycles. The zero-order chi connectivity index (χ0) is 9.14. The van der Waals surface area contributed by atoms with E-state index in [1.165, 1.54) is 6.20 Å². The third-order valence-corrected chi connectivity index (χ3v) is 1.63. The van der Waals surface area contributed by atoms with Crippen molar-refractivity contribution in [3.63, 3.8) is 0 Å². The van der Waals surface area contributed by atoms with E-state index in [4.69, 9.17) is 9.84 Å². The third kappa shape index (κ3) is 1.67. The highest BCUT2D eigenvalue weighted by Gasteiger charge is 2.08. The largest absolute Gasteiger partial charge is 0.506 e. The van der Waals surface area contributed by atoms with Gasteiger partial charge in [-0.1, -0.05) is 13.8 Å². The summed E-state index contributed by atoms with van der Waals surface area (Å²) in [4.78, 5) is 4.07. The molecule has 1 heterocycles. The lowest BCUT2D eigenvalue weighted by Gasteiger charge is -2.09. The molecule has 0 saturated carbocycles. The van der Waals surface area contributed by atoms with Gasteiger partial charge in [-0.05, 0) is 5.92 Å². The van der Waals surface area contributed by atoms with Gasteiger partial charge in [0.1, 0.15) is 11.5 Å². The number of methoxy groups -OCH3 is 1. The molecule has 0 bridgehead atoms. The second-order valence-electron chi connectivity index (χ2n) is 2.94. The van der Waals surface area contributed by atoms with Crippen molar-refractivity contribution in [3.05, 3.63) is 18.0 Å². The Morgan fingerprint density at radius 1 is 1.50 bits per heavy atom. The molecular formula is C9H13NO2. The van der Waals surface area contributed by atoms with Crippen molar-refractivity contribution in [1.29, 1.82) is 0 Å². The van der Waals surface area contributed by atoms with Gasteiger partial charge in [0.2, 0.25) is 0 Å². The van der Waals surface area contributed by atoms with E-state index < -0.39 is 0 Å². The van der Waals surface area contributed by atoms with E-state index >= 15 is 0 Å². The summed E-state index contributed by atoms with van der Waals surface area (Å²) in [5.41, 5.74) is 0.871. The van der Waals surface area contributed by atoms with Crippen LogP contribution in [0.15, 0.2) is 12.3 Å². The van der Waals surface area contributed by atoms with Gasteiger partial charge < -0.3 is 9.84 Å². The van der Waals surface area contributed by atoms with Gasteiger partial charge >= 0.3 is 0 Å². The number of aromatic nitrogens is 1. The fourth-order valence-corrected chi connectivity index (χ4v) is 1.04. The van der Waals surface area contributed by atoms with Crippen molar-refractivity contribution in [1.82, 2.24) is 4.98 Å². The molecule has 0 spiro atoms. The smallest absolute Gasteiger partial charge is 0.144 e. The first-order chi connectivity index (χ1) is 5.65. The van der Waals surface area contributed by atoms with Crippen LogP contribution < -0.4 is 4.74 Å². The summed E-state index contributed by atoms with van der Waals surface area (Å²) in [6.07, 6.45) is 1.43. The monoisotopic (exact) mass is 167 g/mol. The van der Waals surface area contributed by atoms with Crippen LogP contribution in [0.3, 0.4) is 0 Å². The van der Waals surface area contributed by atoms with E-state index in [0.717, 1.165) is 5.69 Å². The molecule has 12 heavy (non-hydrogen) atoms. The van der Waals surface area contributed by atoms with E-state index in [2.05, 4.69) is 4.98 Å². The Kier molecular flexibility index (Phi) is 2.53. The Bertz CT molecular complexity index is 271. The SMILES string of the molecule is COc1cc(O)cnc1C(C)C. The summed E-state index contributed by atoms with van der Waals surface area (Å²) < 4.78 is 5.06. The van der Waals surface area contributed by atoms with Gasteiger partial charge in [0.15, 0.2) is 0 Å². The Balaban J connectivity index is 3.11. The van der Waals surface area contributed by atoms with Crippen LogP contribution in [0.25, 0.3) is 0 Å². The molecule has 0 aliphatic heterocycles. The average molecular weight is 167 g/mol. The summed E-state index contributed by atoms with van der Waals surface area (Å²) in [5, 5.41) is 9.11. The van der Waals surface area contributed by atoms with Gasteiger partial charge in [-0.15, -0.1) is 0 Å². The molecule has 0 saturated heterocycles. The summed E-state index contributed by atoms with van der Waals surface area (Å²) in [7, 11) is 1.57. The van der Waals surface area contributed by atoms with Gasteiger partial charge in [0, 0.05) is 6.07 Å². The Labute approximate surface area is 72.0 Å². The number of aromatic hydroxyl groups is 1. The Hall–Kier alpha value is -1.25. The van der Waals surface area contributed by atoms with E-state index in [9.17, 15) is 0 Å². The maximum absolute atomic E-state index is 9.11. The highest BCUT2D eigenvalue weighted by molar-refractivity contribution is 5.35. The van der Waals surface area contributed by atoms with Crippen LogP contribution >= 0.6 is 0 Å². The number of ether oxygens (including phenoxy) is 1. The first-order valence-corrected chi connectivity index (χ1v) is 3.88. The van der Waals surface area contributed by atoms with Crippen LogP contribution in [0.2, 0.25) is 0 Å². The summed E-state index contributed by atoms with van der Waals surface area (Å²) in [6.45, 7) is 4.06. The van der Waals surface area contributed by atoms with Crippen LogP contribution in [0.1, 0.15) is 25.5 Å². The van der Waals surface area contributed by atoms with Gasteiger partial charge in [-0.3, -0.25) is 4.98 Å². The van der Waals surface area contributed by atoms with Crippen molar-refractivity contribution in [3.8, 4) is 11.5 Å². The lowest BCUT2D eigenvalue weighted by molar-refractivity contribution is 0.396. The number of hydrogen-bond acceptors (Lipinski definition) is 3. The molecule has 3 nitrogen and oxygen atoms in total. The highest BCUT2D eigenvalue weighted by Crippen LogP contribution is 2.26. The number of hydrogen-bond donors (Lipinski definition) is 1. The predicted octanol–water partition coefficient (Wildman–Crippen LogP) is 1.92. The molecule has 0 unspecified atom stereocenters. The zero-order valence-electron chi connectivity index (χ0n) is 7.53. The van der Waals surface area contributed by atoms with Crippen molar-refractivity contribution >= 4 is 0 Å². The fraction of sp³-hybridized carbons (Fsp3) is 0.444. The average Bonchev–Trinajstić information content (AvgIpc) is 2.03. The lowest BCUT2D eigenvalue weighted by atomic mass is 10.1. The molecule has 0 aromatic carbocycles. The molecule has 66 valence electrons. The van der Waals surface area contributed by atoms with Gasteiger partial charge in [-0.2, -0.15) is 0 Å². The Morgan fingerprint density at radius 2 is 2.17 bits per heavy atom. The highest BCUT2D eigenvalue weighted by atomic mass is 16.5. The molecular weight excluding hydrogens is 154 g/mol. The molecule has 1 aromatic rings. The number of rotatable bonds is 2. The minimum atomic E-state index is 0.135. The zero-order valence-corrected chi connectivity index (χ0v) is 7.53. The summed E-state index contributed by atoms with van der Waals surface area (Å²) in [6, 6.07) is 1.57. The molecule has 1 N–H and O–H groups in total. The van der Waals surface area contributed by atoms with Crippen molar-refractivity contribution in [2.45, 2.75) is 19.8 Å². The van der Waals surface area contributed by atoms with Crippen molar-refractivity contribution in [2.75, 3.05) is 7.11 Å². The topological polar surface area (TPSA) is 42.4 Å². The van der Waals surface area contributed by atoms with E-state index in [1.54, 1.807) is 13.2 Å². The lowest BCUT2D eigenvalue weighted by Crippen LogP contribution is -1.96. The molecule has 1 rings (SSSR count). The van der Waals surface area contributed by atoms with Gasteiger partial charge in [-0.25, -0.2) is 0 Å². The maximum atomic E-state index is 9.11. The first kappa shape index (κ1) is 8.84. The Morgan fingerprint density at radius 3 is 2.67 bits per heavy atom. The number of nitrogens with zero attached hydrogens (tertiary/aromatic N) is 1. The van der Waals surface area contributed by atoms with Crippen LogP contribution in [-0.2, 0) is 0 Å². The molecule has 3 heteroatoms. The maximum Gasteiger partial charge on any atom is 0.144 e. The van der Waals surface area contributed by atoms with Gasteiger partial charge in [0.25, 0.3) is 0 Å². The van der Waals surface area contributed by atoms with Crippen LogP contribution in [0.5, 0.6) is 11.5 Å². The third-order valence-electron chi connectivity index (χ3n) is 1.63. The standard InChI is InChI=1S/C9H13NO2/c1-6(2)9-8(12-3)4-7(11)5-10-9/h4-6,11H,1-3H3. The second kappa shape index (κ2) is 3.43. The second-order valence-corrected chi connectivity index (χ2v) is 2.94. The molecule has 0 fully saturated rings. The number of pyridine rings is 1. The van der Waals surface area contributed by atoms with Gasteiger partial charge in [0.05, 0.1) is 19.0 Å². The quantitative estimate of drug-likeness (QED) is 0.731. The van der Waals surface area contributed by atoms with E-state index in [0.29, 0.717) is 11.7 Å². The van der Waals surface area contributed by atoms with Crippen molar-refractivity contribution < 1.29 is 9.84 Å². The summed E-state index contributed by atoms with van der Waals surface area (Å²) >= 11 is 0. The molecule has 0 radical (unpaired) electrons. The molecule has 1 aromatic heterocycles. The molecule has 0 aliphatic rings. The fourth-order valence-electron chi connectivity index (χ4n) is 1.04. The predicted molar refractivity (Wildman–Crippen MR) is 46.5 cm³/mol. The first-order valence-electron chi connectivity index (χ1n) is 3.88. The molecule has 0 amide bonds. The summed E-state index contributed by atoms with van der Waals surface area (Å²) in [5.74, 6) is 1.08. The van der Waals surface area contributed by atoms with Crippen LogP contribution in [0.4, 0.5) is 0 Å². The minimum absolute atomic E-state index is 0.135. The van der Waals surface area contributed by atoms with Crippen LogP contribution in [-0.4, -0.2) is 17.2 Å². The van der Waals surface area contributed by atoms with E-state index in [1.807, 2.05) is 13.8 Å².